The summed E-state index contributed by atoms with van der Waals surface area (Å²) in [5.74, 6) is 2.49. The topological polar surface area (TPSA) is 74.5 Å². The van der Waals surface area contributed by atoms with E-state index in [0.717, 1.165) is 43.3 Å². The summed E-state index contributed by atoms with van der Waals surface area (Å²) in [6, 6.07) is 0. The van der Waals surface area contributed by atoms with Crippen LogP contribution < -0.4 is 5.73 Å². The zero-order valence-electron chi connectivity index (χ0n) is 9.87. The van der Waals surface area contributed by atoms with Crippen molar-refractivity contribution >= 4 is 0 Å². The average molecular weight is 232 g/mol. The number of imidazole rings is 1. The highest BCUT2D eigenvalue weighted by Gasteiger charge is 2.23. The Labute approximate surface area is 99.5 Å². The lowest BCUT2D eigenvalue weighted by Gasteiger charge is -2.22. The Hall–Kier alpha value is -1.69. The Balaban J connectivity index is 2.03. The number of rotatable bonds is 2. The van der Waals surface area contributed by atoms with Gasteiger partial charge in [-0.1, -0.05) is 0 Å². The Bertz CT molecular complexity index is 526. The first-order chi connectivity index (χ1) is 8.29. The molecule has 0 spiro atoms. The van der Waals surface area contributed by atoms with Crippen molar-refractivity contribution in [3.8, 4) is 11.5 Å². The van der Waals surface area contributed by atoms with Crippen molar-refractivity contribution in [3.63, 3.8) is 0 Å². The summed E-state index contributed by atoms with van der Waals surface area (Å²) in [6.07, 6.45) is 5.68. The third kappa shape index (κ3) is 1.64. The molecular formula is C11H16N6. The zero-order chi connectivity index (χ0) is 11.8. The molecule has 1 aliphatic rings. The molecule has 2 N–H and O–H groups in total. The molecule has 0 amide bonds. The van der Waals surface area contributed by atoms with Crippen molar-refractivity contribution in [1.82, 2.24) is 24.3 Å². The normalized spacial score (nSPS) is 19.3. The highest BCUT2D eigenvalue weighted by Crippen LogP contribution is 2.24. The van der Waals surface area contributed by atoms with Gasteiger partial charge in [-0.15, -0.1) is 10.2 Å². The molecule has 0 aliphatic carbocycles. The molecule has 0 saturated heterocycles. The predicted molar refractivity (Wildman–Crippen MR) is 63.1 cm³/mol. The highest BCUT2D eigenvalue weighted by molar-refractivity contribution is 5.49. The monoisotopic (exact) mass is 232 g/mol. The van der Waals surface area contributed by atoms with E-state index in [1.165, 1.54) is 0 Å². The second kappa shape index (κ2) is 3.96. The molecule has 1 atom stereocenters. The van der Waals surface area contributed by atoms with Crippen LogP contribution in [0.3, 0.4) is 0 Å². The van der Waals surface area contributed by atoms with Crippen LogP contribution in [0.2, 0.25) is 0 Å². The van der Waals surface area contributed by atoms with Crippen LogP contribution in [0.15, 0.2) is 12.5 Å². The van der Waals surface area contributed by atoms with E-state index in [9.17, 15) is 0 Å². The van der Waals surface area contributed by atoms with Gasteiger partial charge in [0, 0.05) is 20.0 Å². The van der Waals surface area contributed by atoms with Crippen LogP contribution in [0.25, 0.3) is 11.5 Å². The molecule has 0 aromatic carbocycles. The van der Waals surface area contributed by atoms with Crippen LogP contribution >= 0.6 is 0 Å². The van der Waals surface area contributed by atoms with Crippen molar-refractivity contribution in [2.45, 2.75) is 19.4 Å². The number of aromatic nitrogens is 5. The molecule has 0 bridgehead atoms. The van der Waals surface area contributed by atoms with Gasteiger partial charge in [0.25, 0.3) is 0 Å². The fourth-order valence-corrected chi connectivity index (χ4v) is 2.35. The Kier molecular flexibility index (Phi) is 2.44. The average Bonchev–Trinajstić information content (AvgIpc) is 2.94. The third-order valence-corrected chi connectivity index (χ3v) is 3.42. The van der Waals surface area contributed by atoms with E-state index in [-0.39, 0.29) is 0 Å². The second-order valence-electron chi connectivity index (χ2n) is 4.58. The first-order valence-corrected chi connectivity index (χ1v) is 5.88. The molecular weight excluding hydrogens is 216 g/mol. The number of fused-ring (bicyclic) bond motifs is 1. The van der Waals surface area contributed by atoms with Crippen molar-refractivity contribution in [3.05, 3.63) is 18.3 Å². The number of nitrogens with two attached hydrogens (primary N) is 1. The minimum Gasteiger partial charge on any atom is -0.331 e. The van der Waals surface area contributed by atoms with Crippen LogP contribution in [0.1, 0.15) is 12.2 Å². The van der Waals surface area contributed by atoms with E-state index in [1.807, 2.05) is 17.8 Å². The summed E-state index contributed by atoms with van der Waals surface area (Å²) >= 11 is 0. The maximum Gasteiger partial charge on any atom is 0.182 e. The van der Waals surface area contributed by atoms with E-state index in [4.69, 9.17) is 5.73 Å². The molecule has 3 rings (SSSR count). The standard InChI is InChI=1S/C11H16N6/c1-16-7-13-5-9(16)11-15-14-10-3-2-8(4-12)6-17(10)11/h5,7-8H,2-4,6,12H2,1H3. The summed E-state index contributed by atoms with van der Waals surface area (Å²) in [7, 11) is 1.97. The van der Waals surface area contributed by atoms with Gasteiger partial charge in [-0.25, -0.2) is 4.98 Å². The fraction of sp³-hybridized carbons (Fsp3) is 0.545. The summed E-state index contributed by atoms with van der Waals surface area (Å²) in [5.41, 5.74) is 6.76. The molecule has 1 aliphatic heterocycles. The molecule has 0 saturated carbocycles. The van der Waals surface area contributed by atoms with Gasteiger partial charge in [0.05, 0.1) is 12.5 Å². The largest absolute Gasteiger partial charge is 0.331 e. The fourth-order valence-electron chi connectivity index (χ4n) is 2.35. The number of hydrogen-bond acceptors (Lipinski definition) is 4. The van der Waals surface area contributed by atoms with Gasteiger partial charge < -0.3 is 14.9 Å². The maximum atomic E-state index is 5.76. The van der Waals surface area contributed by atoms with Gasteiger partial charge in [0.2, 0.25) is 0 Å². The minimum atomic E-state index is 0.533. The van der Waals surface area contributed by atoms with Crippen LogP contribution in [-0.2, 0) is 20.0 Å². The third-order valence-electron chi connectivity index (χ3n) is 3.42. The van der Waals surface area contributed by atoms with E-state index < -0.39 is 0 Å². The zero-order valence-corrected chi connectivity index (χ0v) is 9.87. The lowest BCUT2D eigenvalue weighted by Crippen LogP contribution is -2.27. The summed E-state index contributed by atoms with van der Waals surface area (Å²) in [5, 5.41) is 8.53. The first-order valence-electron chi connectivity index (χ1n) is 5.88. The van der Waals surface area contributed by atoms with Crippen molar-refractivity contribution < 1.29 is 0 Å². The SMILES string of the molecule is Cn1cncc1-c1nnc2n1CC(CN)CC2. The van der Waals surface area contributed by atoms with Gasteiger partial charge in [0.1, 0.15) is 11.5 Å². The second-order valence-corrected chi connectivity index (χ2v) is 4.58. The van der Waals surface area contributed by atoms with Gasteiger partial charge >= 0.3 is 0 Å². The molecule has 90 valence electrons. The maximum absolute atomic E-state index is 5.76. The molecule has 0 radical (unpaired) electrons. The summed E-state index contributed by atoms with van der Waals surface area (Å²) < 4.78 is 4.14. The molecule has 6 nitrogen and oxygen atoms in total. The summed E-state index contributed by atoms with van der Waals surface area (Å²) in [6.45, 7) is 1.64. The molecule has 2 aromatic heterocycles. The van der Waals surface area contributed by atoms with Crippen LogP contribution in [-0.4, -0.2) is 30.9 Å². The van der Waals surface area contributed by atoms with Gasteiger partial charge in [0.15, 0.2) is 5.82 Å². The van der Waals surface area contributed by atoms with Crippen molar-refractivity contribution in [1.29, 1.82) is 0 Å². The van der Waals surface area contributed by atoms with E-state index >= 15 is 0 Å². The first kappa shape index (κ1) is 10.5. The van der Waals surface area contributed by atoms with Crippen LogP contribution in [0, 0.1) is 5.92 Å². The van der Waals surface area contributed by atoms with Gasteiger partial charge in [-0.2, -0.15) is 0 Å². The Morgan fingerprint density at radius 2 is 2.35 bits per heavy atom. The molecule has 17 heavy (non-hydrogen) atoms. The molecule has 2 aromatic rings. The highest BCUT2D eigenvalue weighted by atomic mass is 15.3. The van der Waals surface area contributed by atoms with E-state index in [1.54, 1.807) is 6.33 Å². The smallest absolute Gasteiger partial charge is 0.182 e. The number of hydrogen-bond donors (Lipinski definition) is 1. The van der Waals surface area contributed by atoms with Crippen LogP contribution in [0.4, 0.5) is 0 Å². The minimum absolute atomic E-state index is 0.533. The van der Waals surface area contributed by atoms with E-state index in [2.05, 4.69) is 19.7 Å². The quantitative estimate of drug-likeness (QED) is 0.802. The lowest BCUT2D eigenvalue weighted by molar-refractivity contribution is 0.375. The van der Waals surface area contributed by atoms with Gasteiger partial charge in [-0.3, -0.25) is 0 Å². The number of nitrogens with zero attached hydrogens (tertiary/aromatic N) is 5. The molecule has 1 unspecified atom stereocenters. The Morgan fingerprint density at radius 1 is 1.47 bits per heavy atom. The molecule has 3 heterocycles. The predicted octanol–water partition coefficient (Wildman–Crippen LogP) is 0.200. The number of aryl methyl sites for hydroxylation is 2. The van der Waals surface area contributed by atoms with Crippen molar-refractivity contribution in [2.24, 2.45) is 18.7 Å². The van der Waals surface area contributed by atoms with Gasteiger partial charge in [-0.05, 0) is 18.9 Å². The lowest BCUT2D eigenvalue weighted by atomic mass is 9.99. The van der Waals surface area contributed by atoms with Crippen LogP contribution in [0.5, 0.6) is 0 Å². The summed E-state index contributed by atoms with van der Waals surface area (Å²) in [4.78, 5) is 4.12. The molecule has 6 heteroatoms. The Morgan fingerprint density at radius 3 is 3.06 bits per heavy atom. The van der Waals surface area contributed by atoms with Crippen molar-refractivity contribution in [2.75, 3.05) is 6.54 Å². The van der Waals surface area contributed by atoms with E-state index in [0.29, 0.717) is 5.92 Å². The molecule has 0 fully saturated rings.